The maximum absolute atomic E-state index is 12.5. The first-order chi connectivity index (χ1) is 13.8. The average molecular weight is 422 g/mol. The Kier molecular flexibility index (Phi) is 7.60. The molecule has 0 saturated heterocycles. The summed E-state index contributed by atoms with van der Waals surface area (Å²) in [6.07, 6.45) is 1.48. The molecule has 0 fully saturated rings. The number of rotatable bonds is 8. The summed E-state index contributed by atoms with van der Waals surface area (Å²) in [6, 6.07) is 6.34. The highest BCUT2D eigenvalue weighted by Crippen LogP contribution is 2.16. The Labute approximate surface area is 172 Å². The van der Waals surface area contributed by atoms with Gasteiger partial charge in [0.05, 0.1) is 0 Å². The van der Waals surface area contributed by atoms with Gasteiger partial charge in [-0.15, -0.1) is 0 Å². The Morgan fingerprint density at radius 2 is 1.90 bits per heavy atom. The molecule has 0 bridgehead atoms. The van der Waals surface area contributed by atoms with Gasteiger partial charge in [-0.25, -0.2) is 4.79 Å². The number of nitrogens with zero attached hydrogens (tertiary/aromatic N) is 2. The van der Waals surface area contributed by atoms with Gasteiger partial charge in [-0.2, -0.15) is 0 Å². The number of hydrogen-bond acceptors (Lipinski definition) is 5. The summed E-state index contributed by atoms with van der Waals surface area (Å²) < 4.78 is 1.24. The molecule has 2 rings (SSSR count). The molecule has 29 heavy (non-hydrogen) atoms. The molecule has 10 heteroatoms. The first-order valence-electron chi connectivity index (χ1n) is 9.19. The van der Waals surface area contributed by atoms with Crippen molar-refractivity contribution in [2.45, 2.75) is 32.7 Å². The van der Waals surface area contributed by atoms with E-state index in [1.165, 1.54) is 11.6 Å². The highest BCUT2D eigenvalue weighted by molar-refractivity contribution is 6.30. The van der Waals surface area contributed by atoms with Crippen LogP contribution in [0.3, 0.4) is 0 Å². The molecule has 1 aromatic carbocycles. The molecule has 0 aliphatic carbocycles. The Morgan fingerprint density at radius 1 is 1.24 bits per heavy atom. The van der Waals surface area contributed by atoms with Gasteiger partial charge in [0.2, 0.25) is 5.91 Å². The van der Waals surface area contributed by atoms with Gasteiger partial charge >= 0.3 is 5.69 Å². The number of amides is 2. The van der Waals surface area contributed by atoms with Gasteiger partial charge in [-0.05, 0) is 30.7 Å². The second-order valence-electron chi connectivity index (χ2n) is 6.46. The molecule has 156 valence electrons. The van der Waals surface area contributed by atoms with Crippen molar-refractivity contribution < 1.29 is 9.59 Å². The van der Waals surface area contributed by atoms with Crippen molar-refractivity contribution in [3.8, 4) is 0 Å². The summed E-state index contributed by atoms with van der Waals surface area (Å²) in [5, 5.41) is 3.15. The molecule has 0 spiro atoms. The third-order valence-corrected chi connectivity index (χ3v) is 4.64. The third-order valence-electron chi connectivity index (χ3n) is 4.39. The Morgan fingerprint density at radius 3 is 2.52 bits per heavy atom. The number of aromatic nitrogens is 2. The topological polar surface area (TPSA) is 130 Å². The van der Waals surface area contributed by atoms with E-state index >= 15 is 0 Å². The lowest BCUT2D eigenvalue weighted by molar-refractivity contribution is -0.118. The minimum atomic E-state index is -0.735. The van der Waals surface area contributed by atoms with Crippen LogP contribution in [0, 0.1) is 0 Å². The van der Waals surface area contributed by atoms with E-state index in [1.807, 2.05) is 6.92 Å². The fourth-order valence-corrected chi connectivity index (χ4v) is 2.84. The molecular weight excluding hydrogens is 398 g/mol. The van der Waals surface area contributed by atoms with E-state index in [0.717, 1.165) is 11.3 Å². The molecule has 0 aliphatic rings. The number of carbonyl (C=O) groups excluding carboxylic acids is 2. The summed E-state index contributed by atoms with van der Waals surface area (Å²) in [5.74, 6) is -0.838. The molecule has 0 atom stereocenters. The Balaban J connectivity index is 2.06. The average Bonchev–Trinajstić information content (AvgIpc) is 2.67. The van der Waals surface area contributed by atoms with E-state index in [4.69, 9.17) is 17.3 Å². The number of aromatic amines is 1. The zero-order valence-electron chi connectivity index (χ0n) is 16.3. The summed E-state index contributed by atoms with van der Waals surface area (Å²) in [5.41, 5.74) is 4.98. The molecule has 2 aromatic rings. The molecular formula is C19H24ClN5O4. The van der Waals surface area contributed by atoms with E-state index in [1.54, 1.807) is 24.3 Å². The SMILES string of the molecule is CCCCn1c(N)c(N(C)C(=O)CCNC(=O)c2ccc(Cl)cc2)c(=O)[nH]c1=O. The minimum Gasteiger partial charge on any atom is -0.383 e. The van der Waals surface area contributed by atoms with Crippen LogP contribution in [0.2, 0.25) is 5.02 Å². The van der Waals surface area contributed by atoms with Gasteiger partial charge < -0.3 is 16.0 Å². The number of H-pyrrole nitrogens is 1. The number of benzene rings is 1. The maximum atomic E-state index is 12.5. The quantitative estimate of drug-likeness (QED) is 0.592. The van der Waals surface area contributed by atoms with Crippen LogP contribution in [0.1, 0.15) is 36.5 Å². The van der Waals surface area contributed by atoms with Crippen LogP contribution in [0.25, 0.3) is 0 Å². The van der Waals surface area contributed by atoms with Crippen molar-refractivity contribution in [1.29, 1.82) is 0 Å². The zero-order valence-corrected chi connectivity index (χ0v) is 17.1. The van der Waals surface area contributed by atoms with Gasteiger partial charge in [0.25, 0.3) is 11.5 Å². The maximum Gasteiger partial charge on any atom is 0.330 e. The molecule has 9 nitrogen and oxygen atoms in total. The fraction of sp³-hybridized carbons (Fsp3) is 0.368. The highest BCUT2D eigenvalue weighted by atomic mass is 35.5. The summed E-state index contributed by atoms with van der Waals surface area (Å²) >= 11 is 5.79. The first kappa shape index (κ1) is 22.2. The van der Waals surface area contributed by atoms with Crippen molar-refractivity contribution in [2.24, 2.45) is 0 Å². The number of nitrogens with two attached hydrogens (primary N) is 1. The standard InChI is InChI=1S/C19H24ClN5O4/c1-3-4-11-25-16(21)15(18(28)23-19(25)29)24(2)14(26)9-10-22-17(27)12-5-7-13(20)8-6-12/h5-8H,3-4,9-11,21H2,1-2H3,(H,22,27)(H,23,28,29). The Bertz CT molecular complexity index is 997. The predicted molar refractivity (Wildman–Crippen MR) is 112 cm³/mol. The molecule has 0 saturated carbocycles. The van der Waals surface area contributed by atoms with Gasteiger partial charge in [-0.1, -0.05) is 24.9 Å². The number of unbranched alkanes of at least 4 members (excludes halogenated alkanes) is 1. The van der Waals surface area contributed by atoms with Gasteiger partial charge in [0.1, 0.15) is 5.82 Å². The third kappa shape index (κ3) is 5.47. The van der Waals surface area contributed by atoms with Crippen LogP contribution >= 0.6 is 11.6 Å². The van der Waals surface area contributed by atoms with Crippen molar-refractivity contribution >= 4 is 34.9 Å². The summed E-state index contributed by atoms with van der Waals surface area (Å²) in [7, 11) is 1.40. The van der Waals surface area contributed by atoms with E-state index in [9.17, 15) is 19.2 Å². The monoisotopic (exact) mass is 421 g/mol. The lowest BCUT2D eigenvalue weighted by Gasteiger charge is -2.20. The summed E-state index contributed by atoms with van der Waals surface area (Å²) in [4.78, 5) is 52.0. The fourth-order valence-electron chi connectivity index (χ4n) is 2.72. The molecule has 0 unspecified atom stereocenters. The van der Waals surface area contributed by atoms with E-state index in [-0.39, 0.29) is 30.4 Å². The highest BCUT2D eigenvalue weighted by Gasteiger charge is 2.20. The van der Waals surface area contributed by atoms with E-state index < -0.39 is 17.2 Å². The number of carbonyl (C=O) groups is 2. The second kappa shape index (κ2) is 9.92. The predicted octanol–water partition coefficient (Wildman–Crippen LogP) is 1.36. The van der Waals surface area contributed by atoms with Gasteiger partial charge in [0, 0.05) is 37.1 Å². The van der Waals surface area contributed by atoms with Gasteiger partial charge in [0.15, 0.2) is 5.69 Å². The molecule has 2 amide bonds. The van der Waals surface area contributed by atoms with Crippen molar-refractivity contribution in [3.63, 3.8) is 0 Å². The normalized spacial score (nSPS) is 10.6. The van der Waals surface area contributed by atoms with E-state index in [0.29, 0.717) is 23.6 Å². The van der Waals surface area contributed by atoms with E-state index in [2.05, 4.69) is 10.3 Å². The van der Waals surface area contributed by atoms with Crippen LogP contribution < -0.4 is 27.2 Å². The largest absolute Gasteiger partial charge is 0.383 e. The molecule has 0 radical (unpaired) electrons. The molecule has 1 aromatic heterocycles. The number of anilines is 2. The lowest BCUT2D eigenvalue weighted by Crippen LogP contribution is -2.40. The zero-order chi connectivity index (χ0) is 21.6. The molecule has 0 aliphatic heterocycles. The van der Waals surface area contributed by atoms with Crippen LogP contribution in [-0.2, 0) is 11.3 Å². The minimum absolute atomic E-state index is 0.0528. The van der Waals surface area contributed by atoms with Crippen molar-refractivity contribution in [2.75, 3.05) is 24.2 Å². The number of hydrogen-bond donors (Lipinski definition) is 3. The molecule has 1 heterocycles. The number of nitrogen functional groups attached to an aromatic ring is 1. The number of nitrogens with one attached hydrogen (secondary N) is 2. The Hall–Kier alpha value is -3.07. The smallest absolute Gasteiger partial charge is 0.330 e. The number of halogens is 1. The van der Waals surface area contributed by atoms with Crippen molar-refractivity contribution in [3.05, 3.63) is 55.7 Å². The molecule has 4 N–H and O–H groups in total. The van der Waals surface area contributed by atoms with Crippen molar-refractivity contribution in [1.82, 2.24) is 14.9 Å². The van der Waals surface area contributed by atoms with Crippen LogP contribution in [0.15, 0.2) is 33.9 Å². The van der Waals surface area contributed by atoms with Gasteiger partial charge in [-0.3, -0.25) is 23.9 Å². The summed E-state index contributed by atoms with van der Waals surface area (Å²) in [6.45, 7) is 2.36. The lowest BCUT2D eigenvalue weighted by atomic mass is 10.2. The van der Waals surface area contributed by atoms with Crippen LogP contribution in [0.4, 0.5) is 11.5 Å². The first-order valence-corrected chi connectivity index (χ1v) is 9.57. The van der Waals surface area contributed by atoms with Crippen LogP contribution in [-0.4, -0.2) is 35.0 Å². The van der Waals surface area contributed by atoms with Crippen LogP contribution in [0.5, 0.6) is 0 Å². The second-order valence-corrected chi connectivity index (χ2v) is 6.90.